The lowest BCUT2D eigenvalue weighted by atomic mass is 9.78. The Morgan fingerprint density at radius 3 is 2.11 bits per heavy atom. The molecule has 1 saturated heterocycles. The van der Waals surface area contributed by atoms with Crippen molar-refractivity contribution in [3.05, 3.63) is 96.5 Å². The molecule has 2 unspecified atom stereocenters. The molecular weight excluding hydrogens is 721 g/mol. The number of aromatic amines is 2. The quantitative estimate of drug-likeness (QED) is 0.105. The third kappa shape index (κ3) is 7.62. The number of carbonyl (C=O) groups is 3. The Hall–Kier alpha value is -5.98. The van der Waals surface area contributed by atoms with Gasteiger partial charge in [-0.3, -0.25) is 9.59 Å². The Morgan fingerprint density at radius 1 is 0.825 bits per heavy atom. The van der Waals surface area contributed by atoms with E-state index in [0.717, 1.165) is 83.0 Å². The summed E-state index contributed by atoms with van der Waals surface area (Å²) in [5.41, 5.74) is 6.87. The second-order valence-electron chi connectivity index (χ2n) is 15.8. The van der Waals surface area contributed by atoms with Gasteiger partial charge in [-0.05, 0) is 78.2 Å². The number of rotatable bonds is 12. The number of pyridine rings is 1. The molecule has 3 aromatic heterocycles. The van der Waals surface area contributed by atoms with Crippen LogP contribution in [0.3, 0.4) is 0 Å². The van der Waals surface area contributed by atoms with E-state index in [-0.39, 0.29) is 35.6 Å². The van der Waals surface area contributed by atoms with Crippen molar-refractivity contribution in [2.75, 3.05) is 20.8 Å². The van der Waals surface area contributed by atoms with Crippen molar-refractivity contribution < 1.29 is 23.9 Å². The number of aromatic nitrogens is 5. The van der Waals surface area contributed by atoms with E-state index in [9.17, 15) is 14.4 Å². The molecule has 296 valence electrons. The summed E-state index contributed by atoms with van der Waals surface area (Å²) in [6.45, 7) is 4.79. The van der Waals surface area contributed by atoms with Gasteiger partial charge in [0.15, 0.2) is 0 Å². The molecule has 4 heterocycles. The van der Waals surface area contributed by atoms with Crippen LogP contribution < -0.4 is 15.4 Å². The van der Waals surface area contributed by atoms with Crippen LogP contribution in [0.25, 0.3) is 33.6 Å². The lowest BCUT2D eigenvalue weighted by molar-refractivity contribution is -0.135. The summed E-state index contributed by atoms with van der Waals surface area (Å²) < 4.78 is 10.1. The van der Waals surface area contributed by atoms with E-state index in [0.29, 0.717) is 30.8 Å². The van der Waals surface area contributed by atoms with Crippen molar-refractivity contribution in [3.8, 4) is 39.5 Å². The van der Waals surface area contributed by atoms with E-state index in [4.69, 9.17) is 14.5 Å². The molecule has 2 aromatic carbocycles. The first-order chi connectivity index (χ1) is 27.7. The van der Waals surface area contributed by atoms with Crippen molar-refractivity contribution in [1.29, 1.82) is 0 Å². The minimum atomic E-state index is -0.680. The SMILES string of the molecule is COC(=O)N[C@H](C(=O)N1CCC[C@H]1c1ncc(-c2ccc(-c3ccc(-c4cnc([C@@H]5C6CCC(C6)[C@H]5C(=O)NCc5cccnc5OC)[nH]4)cc3)cc2)[nH]1)C(C)C. The molecule has 3 fully saturated rings. The second kappa shape index (κ2) is 16.2. The highest BCUT2D eigenvalue weighted by atomic mass is 16.5. The van der Waals surface area contributed by atoms with Crippen molar-refractivity contribution in [1.82, 2.24) is 40.5 Å². The molecule has 2 aliphatic carbocycles. The lowest BCUT2D eigenvalue weighted by Crippen LogP contribution is -2.51. The summed E-state index contributed by atoms with van der Waals surface area (Å²) in [4.78, 5) is 61.8. The fourth-order valence-electron chi connectivity index (χ4n) is 9.29. The van der Waals surface area contributed by atoms with Crippen LogP contribution in [0.4, 0.5) is 4.79 Å². The van der Waals surface area contributed by atoms with E-state index >= 15 is 0 Å². The van der Waals surface area contributed by atoms with Crippen LogP contribution in [-0.4, -0.2) is 74.5 Å². The van der Waals surface area contributed by atoms with E-state index in [2.05, 4.69) is 79.1 Å². The molecule has 2 bridgehead atoms. The maximum atomic E-state index is 13.7. The third-order valence-electron chi connectivity index (χ3n) is 12.2. The summed E-state index contributed by atoms with van der Waals surface area (Å²) in [5, 5.41) is 5.87. The van der Waals surface area contributed by atoms with Gasteiger partial charge in [0.25, 0.3) is 0 Å². The molecule has 5 aromatic rings. The molecule has 3 amide bonds. The standard InChI is InChI=1S/C44H50N8O5/c1-25(2)38(51-44(55)57-4)43(54)52-20-6-8-35(52)39-46-23-33(49-39)28-13-9-26(10-14-28)27-11-15-29(16-12-27)34-24-47-40(50-34)36-30-17-18-31(21-30)37(36)41(53)48-22-32-7-5-19-45-42(32)56-3/h5,7,9-16,19,23-25,30-31,35-38H,6,8,17-18,20-22H2,1-4H3,(H,46,49)(H,47,50)(H,48,53)(H,51,55)/t30?,31?,35-,36+,37+,38-/m0/s1. The average Bonchev–Trinajstić information content (AvgIpc) is 4.10. The van der Waals surface area contributed by atoms with Crippen molar-refractivity contribution in [2.24, 2.45) is 23.7 Å². The predicted molar refractivity (Wildman–Crippen MR) is 215 cm³/mol. The average molecular weight is 771 g/mol. The number of amides is 3. The van der Waals surface area contributed by atoms with Crippen LogP contribution >= 0.6 is 0 Å². The van der Waals surface area contributed by atoms with Crippen molar-refractivity contribution in [2.45, 2.75) is 70.5 Å². The van der Waals surface area contributed by atoms with Crippen LogP contribution in [0, 0.1) is 23.7 Å². The maximum absolute atomic E-state index is 13.7. The van der Waals surface area contributed by atoms with E-state index in [1.807, 2.05) is 43.3 Å². The molecule has 1 aliphatic heterocycles. The van der Waals surface area contributed by atoms with Gasteiger partial charge < -0.3 is 35.0 Å². The first-order valence-corrected chi connectivity index (χ1v) is 19.9. The topological polar surface area (TPSA) is 167 Å². The van der Waals surface area contributed by atoms with E-state index in [1.165, 1.54) is 7.11 Å². The van der Waals surface area contributed by atoms with Gasteiger partial charge in [-0.2, -0.15) is 0 Å². The van der Waals surface area contributed by atoms with Gasteiger partial charge in [0.1, 0.15) is 17.7 Å². The van der Waals surface area contributed by atoms with Gasteiger partial charge in [0, 0.05) is 30.8 Å². The maximum Gasteiger partial charge on any atom is 0.407 e. The number of imidazole rings is 2. The number of H-pyrrole nitrogens is 2. The Bertz CT molecular complexity index is 2210. The normalized spacial score (nSPS) is 21.8. The van der Waals surface area contributed by atoms with Crippen molar-refractivity contribution in [3.63, 3.8) is 0 Å². The van der Waals surface area contributed by atoms with Crippen LogP contribution in [0.2, 0.25) is 0 Å². The zero-order chi connectivity index (χ0) is 39.6. The summed E-state index contributed by atoms with van der Waals surface area (Å²) in [5.74, 6) is 2.73. The van der Waals surface area contributed by atoms with Crippen LogP contribution in [0.5, 0.6) is 5.88 Å². The van der Waals surface area contributed by atoms with Crippen molar-refractivity contribution >= 4 is 17.9 Å². The highest BCUT2D eigenvalue weighted by Gasteiger charge is 2.52. The molecule has 4 N–H and O–H groups in total. The lowest BCUT2D eigenvalue weighted by Gasteiger charge is -2.30. The molecule has 0 radical (unpaired) electrons. The van der Waals surface area contributed by atoms with Gasteiger partial charge in [-0.1, -0.05) is 68.4 Å². The molecule has 13 nitrogen and oxygen atoms in total. The number of nitrogens with one attached hydrogen (secondary N) is 4. The Labute approximate surface area is 332 Å². The second-order valence-corrected chi connectivity index (χ2v) is 15.8. The molecular formula is C44H50N8O5. The molecule has 57 heavy (non-hydrogen) atoms. The number of hydrogen-bond acceptors (Lipinski definition) is 8. The number of hydrogen-bond donors (Lipinski definition) is 4. The number of alkyl carbamates (subject to hydrolysis) is 1. The summed E-state index contributed by atoms with van der Waals surface area (Å²) in [6, 6.07) is 19.7. The number of ether oxygens (including phenoxy) is 2. The monoisotopic (exact) mass is 770 g/mol. The first kappa shape index (κ1) is 37.9. The van der Waals surface area contributed by atoms with Gasteiger partial charge in [-0.25, -0.2) is 19.7 Å². The number of benzene rings is 2. The number of carbonyl (C=O) groups excluding carboxylic acids is 3. The number of fused-ring (bicyclic) bond motifs is 2. The van der Waals surface area contributed by atoms with Crippen LogP contribution in [0.15, 0.2) is 79.3 Å². The number of methoxy groups -OCH3 is 2. The molecule has 13 heteroatoms. The summed E-state index contributed by atoms with van der Waals surface area (Å²) >= 11 is 0. The highest BCUT2D eigenvalue weighted by Crippen LogP contribution is 2.56. The molecule has 3 aliphatic rings. The van der Waals surface area contributed by atoms with Gasteiger partial charge in [0.05, 0.1) is 50.0 Å². The molecule has 0 spiro atoms. The molecule has 6 atom stereocenters. The van der Waals surface area contributed by atoms with Gasteiger partial charge >= 0.3 is 6.09 Å². The number of likely N-dealkylation sites (tertiary alicyclic amines) is 1. The summed E-state index contributed by atoms with van der Waals surface area (Å²) in [6.07, 6.45) is 9.68. The third-order valence-corrected chi connectivity index (χ3v) is 12.2. The minimum absolute atomic E-state index is 0.0594. The van der Waals surface area contributed by atoms with E-state index < -0.39 is 12.1 Å². The highest BCUT2D eigenvalue weighted by molar-refractivity contribution is 5.86. The van der Waals surface area contributed by atoms with Gasteiger partial charge in [-0.15, -0.1) is 0 Å². The van der Waals surface area contributed by atoms with E-state index in [1.54, 1.807) is 13.3 Å². The van der Waals surface area contributed by atoms with Gasteiger partial charge in [0.2, 0.25) is 17.7 Å². The fourth-order valence-corrected chi connectivity index (χ4v) is 9.29. The fraction of sp³-hybridized carbons (Fsp3) is 0.409. The molecule has 2 saturated carbocycles. The molecule has 8 rings (SSSR count). The minimum Gasteiger partial charge on any atom is -0.481 e. The first-order valence-electron chi connectivity index (χ1n) is 19.9. The van der Waals surface area contributed by atoms with Crippen LogP contribution in [-0.2, 0) is 20.9 Å². The number of nitrogens with zero attached hydrogens (tertiary/aromatic N) is 4. The largest absolute Gasteiger partial charge is 0.481 e. The zero-order valence-electron chi connectivity index (χ0n) is 32.8. The smallest absolute Gasteiger partial charge is 0.407 e. The predicted octanol–water partition coefficient (Wildman–Crippen LogP) is 7.03. The Balaban J connectivity index is 0.916. The summed E-state index contributed by atoms with van der Waals surface area (Å²) in [7, 11) is 2.89. The zero-order valence-corrected chi connectivity index (χ0v) is 32.8. The Kier molecular flexibility index (Phi) is 10.8. The Morgan fingerprint density at radius 2 is 1.46 bits per heavy atom. The van der Waals surface area contributed by atoms with Crippen LogP contribution in [0.1, 0.15) is 75.1 Å².